The molecule has 1 rings (SSSR count). The zero-order chi connectivity index (χ0) is 10.6. The van der Waals surface area contributed by atoms with Gasteiger partial charge in [0.25, 0.3) is 0 Å². The Labute approximate surface area is 81.4 Å². The van der Waals surface area contributed by atoms with Crippen molar-refractivity contribution in [2.75, 3.05) is 0 Å². The lowest BCUT2D eigenvalue weighted by molar-refractivity contribution is -0.144. The van der Waals surface area contributed by atoms with Crippen LogP contribution >= 0.6 is 0 Å². The van der Waals surface area contributed by atoms with Gasteiger partial charge in [-0.05, 0) is 19.1 Å². The van der Waals surface area contributed by atoms with E-state index >= 15 is 0 Å². The highest BCUT2D eigenvalue weighted by Crippen LogP contribution is 2.17. The molecule has 0 aromatic heterocycles. The average molecular weight is 191 g/mol. The Morgan fingerprint density at radius 2 is 2.21 bits per heavy atom. The summed E-state index contributed by atoms with van der Waals surface area (Å²) in [5.41, 5.74) is 0.334. The lowest BCUT2D eigenvalue weighted by Gasteiger charge is -2.10. The van der Waals surface area contributed by atoms with Crippen LogP contribution in [0.5, 0.6) is 5.75 Å². The molecule has 1 atom stereocenters. The maximum absolute atomic E-state index is 10.5. The second-order valence-electron chi connectivity index (χ2n) is 2.71. The van der Waals surface area contributed by atoms with Crippen LogP contribution in [0.3, 0.4) is 0 Å². The predicted molar refractivity (Wildman–Crippen MR) is 48.9 cm³/mol. The van der Waals surface area contributed by atoms with E-state index in [0.717, 1.165) is 0 Å². The number of carbonyl (C=O) groups is 1. The lowest BCUT2D eigenvalue weighted by atomic mass is 10.2. The molecule has 0 bridgehead atoms. The first-order valence-corrected chi connectivity index (χ1v) is 4.03. The van der Waals surface area contributed by atoms with Gasteiger partial charge in [0.1, 0.15) is 11.8 Å². The molecule has 1 aromatic carbocycles. The number of nitrogens with zero attached hydrogens (tertiary/aromatic N) is 1. The van der Waals surface area contributed by atoms with Gasteiger partial charge in [-0.2, -0.15) is 5.26 Å². The number of para-hydroxylation sites is 1. The molecule has 0 saturated carbocycles. The highest BCUT2D eigenvalue weighted by atomic mass is 16.5. The number of rotatable bonds is 3. The van der Waals surface area contributed by atoms with Gasteiger partial charge >= 0.3 is 5.97 Å². The van der Waals surface area contributed by atoms with Gasteiger partial charge in [-0.15, -0.1) is 0 Å². The van der Waals surface area contributed by atoms with E-state index in [-0.39, 0.29) is 0 Å². The highest BCUT2D eigenvalue weighted by molar-refractivity contribution is 5.72. The van der Waals surface area contributed by atoms with E-state index in [9.17, 15) is 4.79 Å². The summed E-state index contributed by atoms with van der Waals surface area (Å²) in [5.74, 6) is -0.761. The molecule has 1 unspecified atom stereocenters. The molecule has 1 aromatic rings. The number of carboxylic acid groups (broad SMARTS) is 1. The smallest absolute Gasteiger partial charge is 0.344 e. The van der Waals surface area contributed by atoms with Crippen LogP contribution in [0.4, 0.5) is 0 Å². The third-order valence-corrected chi connectivity index (χ3v) is 1.66. The minimum absolute atomic E-state index is 0.296. The Morgan fingerprint density at radius 1 is 1.57 bits per heavy atom. The molecule has 1 N–H and O–H groups in total. The maximum Gasteiger partial charge on any atom is 0.344 e. The Kier molecular flexibility index (Phi) is 3.08. The first kappa shape index (κ1) is 10.1. The number of ether oxygens (including phenoxy) is 1. The Balaban J connectivity index is 2.87. The molecule has 0 saturated heterocycles. The first-order valence-electron chi connectivity index (χ1n) is 4.03. The molecular formula is C10H9NO3. The molecular weight excluding hydrogens is 182 g/mol. The number of nitriles is 1. The Hall–Kier alpha value is -2.02. The van der Waals surface area contributed by atoms with Gasteiger partial charge in [-0.1, -0.05) is 12.1 Å². The number of hydrogen-bond acceptors (Lipinski definition) is 3. The summed E-state index contributed by atoms with van der Waals surface area (Å²) < 4.78 is 5.08. The molecule has 72 valence electrons. The molecule has 0 radical (unpaired) electrons. The molecule has 0 aliphatic rings. The van der Waals surface area contributed by atoms with Gasteiger partial charge in [-0.3, -0.25) is 0 Å². The quantitative estimate of drug-likeness (QED) is 0.784. The van der Waals surface area contributed by atoms with Crippen LogP contribution in [0.1, 0.15) is 12.5 Å². The number of benzene rings is 1. The third-order valence-electron chi connectivity index (χ3n) is 1.66. The first-order chi connectivity index (χ1) is 6.65. The minimum Gasteiger partial charge on any atom is -0.479 e. The monoisotopic (exact) mass is 191 g/mol. The van der Waals surface area contributed by atoms with Crippen molar-refractivity contribution in [3.8, 4) is 11.8 Å². The van der Waals surface area contributed by atoms with Gasteiger partial charge in [0.05, 0.1) is 5.56 Å². The normalized spacial score (nSPS) is 11.4. The van der Waals surface area contributed by atoms with E-state index in [1.165, 1.54) is 6.92 Å². The van der Waals surface area contributed by atoms with Crippen molar-refractivity contribution in [2.24, 2.45) is 0 Å². The van der Waals surface area contributed by atoms with E-state index in [4.69, 9.17) is 15.1 Å². The molecule has 0 spiro atoms. The van der Waals surface area contributed by atoms with Crippen molar-refractivity contribution < 1.29 is 14.6 Å². The third kappa shape index (κ3) is 2.23. The lowest BCUT2D eigenvalue weighted by Crippen LogP contribution is -2.23. The Morgan fingerprint density at radius 3 is 2.79 bits per heavy atom. The summed E-state index contributed by atoms with van der Waals surface area (Å²) in [6.45, 7) is 1.41. The van der Waals surface area contributed by atoms with Crippen molar-refractivity contribution in [2.45, 2.75) is 13.0 Å². The predicted octanol–water partition coefficient (Wildman–Crippen LogP) is 1.41. The van der Waals surface area contributed by atoms with Crippen molar-refractivity contribution >= 4 is 5.97 Å². The van der Waals surface area contributed by atoms with Crippen LogP contribution in [0.15, 0.2) is 24.3 Å². The second-order valence-corrected chi connectivity index (χ2v) is 2.71. The molecule has 0 aliphatic carbocycles. The van der Waals surface area contributed by atoms with Crippen molar-refractivity contribution in [3.05, 3.63) is 29.8 Å². The summed E-state index contributed by atoms with van der Waals surface area (Å²) in [4.78, 5) is 10.5. The van der Waals surface area contributed by atoms with Gasteiger partial charge in [0.2, 0.25) is 0 Å². The van der Waals surface area contributed by atoms with Gasteiger partial charge in [-0.25, -0.2) is 4.79 Å². The van der Waals surface area contributed by atoms with Gasteiger partial charge < -0.3 is 9.84 Å². The van der Waals surface area contributed by atoms with E-state index in [1.54, 1.807) is 24.3 Å². The van der Waals surface area contributed by atoms with Crippen molar-refractivity contribution in [1.82, 2.24) is 0 Å². The summed E-state index contributed by atoms with van der Waals surface area (Å²) in [7, 11) is 0. The van der Waals surface area contributed by atoms with E-state index in [0.29, 0.717) is 11.3 Å². The number of carboxylic acids is 1. The van der Waals surface area contributed by atoms with Crippen LogP contribution in [0, 0.1) is 11.3 Å². The zero-order valence-corrected chi connectivity index (χ0v) is 7.60. The summed E-state index contributed by atoms with van der Waals surface area (Å²) >= 11 is 0. The molecule has 0 amide bonds. The van der Waals surface area contributed by atoms with Crippen LogP contribution in [0.25, 0.3) is 0 Å². The zero-order valence-electron chi connectivity index (χ0n) is 7.60. The fourth-order valence-corrected chi connectivity index (χ4v) is 0.903. The fourth-order valence-electron chi connectivity index (χ4n) is 0.903. The van der Waals surface area contributed by atoms with Crippen LogP contribution in [0.2, 0.25) is 0 Å². The van der Waals surface area contributed by atoms with E-state index < -0.39 is 12.1 Å². The average Bonchev–Trinajstić information content (AvgIpc) is 2.18. The standard InChI is InChI=1S/C10H9NO3/c1-7(10(12)13)14-9-5-3-2-4-8(9)6-11/h2-5,7H,1H3,(H,12,13). The molecule has 14 heavy (non-hydrogen) atoms. The molecule has 0 heterocycles. The summed E-state index contributed by atoms with van der Waals surface area (Å²) in [6, 6.07) is 8.44. The van der Waals surface area contributed by atoms with Gasteiger partial charge in [0.15, 0.2) is 6.10 Å². The van der Waals surface area contributed by atoms with E-state index in [1.807, 2.05) is 6.07 Å². The molecule has 0 fully saturated rings. The van der Waals surface area contributed by atoms with Crippen molar-refractivity contribution in [3.63, 3.8) is 0 Å². The number of hydrogen-bond donors (Lipinski definition) is 1. The molecule has 4 nitrogen and oxygen atoms in total. The SMILES string of the molecule is CC(Oc1ccccc1C#N)C(=O)O. The Bertz CT molecular complexity index is 381. The van der Waals surface area contributed by atoms with E-state index in [2.05, 4.69) is 0 Å². The fraction of sp³-hybridized carbons (Fsp3) is 0.200. The second kappa shape index (κ2) is 4.28. The highest BCUT2D eigenvalue weighted by Gasteiger charge is 2.13. The van der Waals surface area contributed by atoms with Crippen LogP contribution < -0.4 is 4.74 Å². The van der Waals surface area contributed by atoms with Crippen LogP contribution in [-0.4, -0.2) is 17.2 Å². The topological polar surface area (TPSA) is 70.3 Å². The molecule has 4 heteroatoms. The van der Waals surface area contributed by atoms with Crippen LogP contribution in [-0.2, 0) is 4.79 Å². The summed E-state index contributed by atoms with van der Waals surface area (Å²) in [5, 5.41) is 17.3. The van der Waals surface area contributed by atoms with Crippen molar-refractivity contribution in [1.29, 1.82) is 5.26 Å². The minimum atomic E-state index is -1.06. The van der Waals surface area contributed by atoms with Gasteiger partial charge in [0, 0.05) is 0 Å². The molecule has 0 aliphatic heterocycles. The maximum atomic E-state index is 10.5. The number of aliphatic carboxylic acids is 1. The largest absolute Gasteiger partial charge is 0.479 e. The summed E-state index contributed by atoms with van der Waals surface area (Å²) in [6.07, 6.45) is -0.954.